The highest BCUT2D eigenvalue weighted by Crippen LogP contribution is 2.31. The monoisotopic (exact) mass is 241 g/mol. The van der Waals surface area contributed by atoms with Crippen molar-refractivity contribution in [3.05, 3.63) is 42.1 Å². The summed E-state index contributed by atoms with van der Waals surface area (Å²) < 4.78 is 0. The summed E-state index contributed by atoms with van der Waals surface area (Å²) >= 11 is 0. The Kier molecular flexibility index (Phi) is 3.26. The predicted octanol–water partition coefficient (Wildman–Crippen LogP) is 2.41. The fourth-order valence-electron chi connectivity index (χ4n) is 2.77. The lowest BCUT2D eigenvalue weighted by atomic mass is 9.77. The fourth-order valence-corrected chi connectivity index (χ4v) is 2.77. The molecule has 1 aromatic heterocycles. The minimum Gasteiger partial charge on any atom is -0.271 e. The Hall–Kier alpha value is -1.45. The maximum absolute atomic E-state index is 5.71. The maximum atomic E-state index is 5.71. The number of para-hydroxylation sites is 1. The first-order chi connectivity index (χ1) is 8.88. The molecule has 1 heterocycles. The first-order valence-corrected chi connectivity index (χ1v) is 6.67. The Morgan fingerprint density at radius 1 is 1.28 bits per heavy atom. The van der Waals surface area contributed by atoms with Gasteiger partial charge in [-0.25, -0.2) is 0 Å². The summed E-state index contributed by atoms with van der Waals surface area (Å²) in [5, 5.41) is 1.25. The van der Waals surface area contributed by atoms with Crippen molar-refractivity contribution in [3.8, 4) is 0 Å². The number of hydrogen-bond acceptors (Lipinski definition) is 3. The maximum Gasteiger partial charge on any atom is 0.0704 e. The average molecular weight is 241 g/mol. The van der Waals surface area contributed by atoms with E-state index in [9.17, 15) is 0 Å². The second-order valence-corrected chi connectivity index (χ2v) is 5.16. The zero-order chi connectivity index (χ0) is 12.4. The van der Waals surface area contributed by atoms with Gasteiger partial charge in [0.25, 0.3) is 0 Å². The number of benzene rings is 1. The minimum absolute atomic E-state index is 0.393. The number of hydrogen-bond donors (Lipinski definition) is 2. The summed E-state index contributed by atoms with van der Waals surface area (Å²) in [4.78, 5) is 4.40. The Bertz CT molecular complexity index is 529. The van der Waals surface area contributed by atoms with Crippen molar-refractivity contribution in [2.45, 2.75) is 31.7 Å². The SMILES string of the molecule is NNC(Cc1ccnc2ccccc12)C1CCC1. The van der Waals surface area contributed by atoms with Crippen molar-refractivity contribution < 1.29 is 0 Å². The first-order valence-electron chi connectivity index (χ1n) is 6.67. The molecule has 94 valence electrons. The molecule has 3 nitrogen and oxygen atoms in total. The van der Waals surface area contributed by atoms with Crippen molar-refractivity contribution in [2.24, 2.45) is 11.8 Å². The van der Waals surface area contributed by atoms with Crippen LogP contribution in [-0.2, 0) is 6.42 Å². The molecular weight excluding hydrogens is 222 g/mol. The molecule has 0 amide bonds. The number of nitrogens with two attached hydrogens (primary N) is 1. The third kappa shape index (κ3) is 2.11. The Morgan fingerprint density at radius 2 is 2.11 bits per heavy atom. The average Bonchev–Trinajstić information content (AvgIpc) is 2.36. The Labute approximate surface area is 107 Å². The van der Waals surface area contributed by atoms with Gasteiger partial charge in [0, 0.05) is 17.6 Å². The quantitative estimate of drug-likeness (QED) is 0.638. The smallest absolute Gasteiger partial charge is 0.0704 e. The predicted molar refractivity (Wildman–Crippen MR) is 73.9 cm³/mol. The van der Waals surface area contributed by atoms with E-state index in [-0.39, 0.29) is 0 Å². The molecule has 1 atom stereocenters. The van der Waals surface area contributed by atoms with Gasteiger partial charge in [-0.1, -0.05) is 24.6 Å². The van der Waals surface area contributed by atoms with E-state index in [2.05, 4.69) is 34.7 Å². The van der Waals surface area contributed by atoms with E-state index in [1.165, 1.54) is 30.2 Å². The van der Waals surface area contributed by atoms with Gasteiger partial charge in [-0.3, -0.25) is 16.3 Å². The molecule has 1 saturated carbocycles. The topological polar surface area (TPSA) is 50.9 Å². The van der Waals surface area contributed by atoms with Crippen molar-refractivity contribution in [1.29, 1.82) is 0 Å². The molecule has 1 aliphatic carbocycles. The van der Waals surface area contributed by atoms with E-state index >= 15 is 0 Å². The van der Waals surface area contributed by atoms with E-state index in [1.807, 2.05) is 12.3 Å². The number of aromatic nitrogens is 1. The highest BCUT2D eigenvalue weighted by Gasteiger charge is 2.26. The van der Waals surface area contributed by atoms with Gasteiger partial charge in [0.15, 0.2) is 0 Å². The molecule has 18 heavy (non-hydrogen) atoms. The second-order valence-electron chi connectivity index (χ2n) is 5.16. The Balaban J connectivity index is 1.89. The highest BCUT2D eigenvalue weighted by molar-refractivity contribution is 5.81. The number of fused-ring (bicyclic) bond motifs is 1. The third-order valence-electron chi connectivity index (χ3n) is 4.11. The molecule has 3 heteroatoms. The van der Waals surface area contributed by atoms with Crippen molar-refractivity contribution >= 4 is 10.9 Å². The highest BCUT2D eigenvalue weighted by atomic mass is 15.2. The van der Waals surface area contributed by atoms with E-state index in [0.29, 0.717) is 6.04 Å². The molecule has 0 saturated heterocycles. The Morgan fingerprint density at radius 3 is 2.83 bits per heavy atom. The van der Waals surface area contributed by atoms with E-state index < -0.39 is 0 Å². The summed E-state index contributed by atoms with van der Waals surface area (Å²) in [5.74, 6) is 6.45. The summed E-state index contributed by atoms with van der Waals surface area (Å²) in [6.07, 6.45) is 6.84. The molecule has 0 spiro atoms. The summed E-state index contributed by atoms with van der Waals surface area (Å²) in [6, 6.07) is 10.8. The van der Waals surface area contributed by atoms with Gasteiger partial charge < -0.3 is 0 Å². The number of nitrogens with zero attached hydrogens (tertiary/aromatic N) is 1. The molecule has 2 aromatic rings. The van der Waals surface area contributed by atoms with Crippen LogP contribution in [0.4, 0.5) is 0 Å². The molecule has 3 rings (SSSR count). The van der Waals surface area contributed by atoms with Gasteiger partial charge in [0.2, 0.25) is 0 Å². The van der Waals surface area contributed by atoms with E-state index in [0.717, 1.165) is 17.9 Å². The van der Waals surface area contributed by atoms with Gasteiger partial charge in [0.05, 0.1) is 5.52 Å². The van der Waals surface area contributed by atoms with Gasteiger partial charge in [-0.2, -0.15) is 0 Å². The largest absolute Gasteiger partial charge is 0.271 e. The molecule has 0 radical (unpaired) electrons. The van der Waals surface area contributed by atoms with Crippen LogP contribution < -0.4 is 11.3 Å². The van der Waals surface area contributed by atoms with Gasteiger partial charge >= 0.3 is 0 Å². The van der Waals surface area contributed by atoms with E-state index in [1.54, 1.807) is 0 Å². The summed E-state index contributed by atoms with van der Waals surface area (Å²) in [7, 11) is 0. The standard InChI is InChI=1S/C15H19N3/c16-18-15(11-4-3-5-11)10-12-8-9-17-14-7-2-1-6-13(12)14/h1-2,6-9,11,15,18H,3-5,10,16H2. The lowest BCUT2D eigenvalue weighted by molar-refractivity contribution is 0.229. The van der Waals surface area contributed by atoms with Crippen LogP contribution in [-0.4, -0.2) is 11.0 Å². The van der Waals surface area contributed by atoms with Crippen LogP contribution >= 0.6 is 0 Å². The molecule has 1 aromatic carbocycles. The van der Waals surface area contributed by atoms with Gasteiger partial charge in [-0.15, -0.1) is 0 Å². The van der Waals surface area contributed by atoms with Crippen LogP contribution in [0.25, 0.3) is 10.9 Å². The van der Waals surface area contributed by atoms with Crippen molar-refractivity contribution in [2.75, 3.05) is 0 Å². The number of rotatable bonds is 4. The molecule has 1 unspecified atom stereocenters. The van der Waals surface area contributed by atoms with Crippen LogP contribution in [0.2, 0.25) is 0 Å². The normalized spacial score (nSPS) is 17.6. The number of nitrogens with one attached hydrogen (secondary N) is 1. The van der Waals surface area contributed by atoms with Crippen LogP contribution in [0.15, 0.2) is 36.5 Å². The van der Waals surface area contributed by atoms with Gasteiger partial charge in [0.1, 0.15) is 0 Å². The number of hydrazine groups is 1. The fraction of sp³-hybridized carbons (Fsp3) is 0.400. The van der Waals surface area contributed by atoms with Crippen LogP contribution in [0.5, 0.6) is 0 Å². The minimum atomic E-state index is 0.393. The van der Waals surface area contributed by atoms with Crippen molar-refractivity contribution in [1.82, 2.24) is 10.4 Å². The van der Waals surface area contributed by atoms with E-state index in [4.69, 9.17) is 5.84 Å². The summed E-state index contributed by atoms with van der Waals surface area (Å²) in [5.41, 5.74) is 5.41. The summed E-state index contributed by atoms with van der Waals surface area (Å²) in [6.45, 7) is 0. The molecule has 3 N–H and O–H groups in total. The zero-order valence-corrected chi connectivity index (χ0v) is 10.5. The van der Waals surface area contributed by atoms with Crippen LogP contribution in [0, 0.1) is 5.92 Å². The molecule has 0 aliphatic heterocycles. The molecule has 1 aliphatic rings. The second kappa shape index (κ2) is 5.04. The molecule has 1 fully saturated rings. The van der Waals surface area contributed by atoms with Gasteiger partial charge in [-0.05, 0) is 42.9 Å². The van der Waals surface area contributed by atoms with Crippen LogP contribution in [0.1, 0.15) is 24.8 Å². The lowest BCUT2D eigenvalue weighted by Gasteiger charge is -2.33. The molecule has 0 bridgehead atoms. The lowest BCUT2D eigenvalue weighted by Crippen LogP contribution is -2.44. The van der Waals surface area contributed by atoms with Crippen molar-refractivity contribution in [3.63, 3.8) is 0 Å². The third-order valence-corrected chi connectivity index (χ3v) is 4.11. The first kappa shape index (κ1) is 11.6. The van der Waals surface area contributed by atoms with Crippen LogP contribution in [0.3, 0.4) is 0 Å². The zero-order valence-electron chi connectivity index (χ0n) is 10.5. The number of pyridine rings is 1. The molecular formula is C15H19N3.